The van der Waals surface area contributed by atoms with Gasteiger partial charge in [0.2, 0.25) is 0 Å². The zero-order valence-electron chi connectivity index (χ0n) is 22.0. The van der Waals surface area contributed by atoms with Gasteiger partial charge in [0.1, 0.15) is 0 Å². The molecule has 4 N–H and O–H groups in total. The average Bonchev–Trinajstić information content (AvgIpc) is 2.89. The topological polar surface area (TPSA) is 52.0 Å². The van der Waals surface area contributed by atoms with Crippen molar-refractivity contribution in [1.29, 1.82) is 0 Å². The van der Waals surface area contributed by atoms with Gasteiger partial charge in [-0.05, 0) is 97.5 Å². The Kier molecular flexibility index (Phi) is 11.0. The van der Waals surface area contributed by atoms with Crippen LogP contribution in [0.15, 0.2) is 60.7 Å². The summed E-state index contributed by atoms with van der Waals surface area (Å²) < 4.78 is 0. The second-order valence-corrected chi connectivity index (χ2v) is 9.53. The molecule has 0 spiro atoms. The molecule has 36 heavy (non-hydrogen) atoms. The Morgan fingerprint density at radius 1 is 0.500 bits per heavy atom. The summed E-state index contributed by atoms with van der Waals surface area (Å²) in [5.41, 5.74) is 20.1. The molecule has 0 radical (unpaired) electrons. The second kappa shape index (κ2) is 14.7. The number of hydrogen-bond acceptors (Lipinski definition) is 2. The van der Waals surface area contributed by atoms with Crippen LogP contribution in [0.1, 0.15) is 98.6 Å². The molecule has 0 fully saturated rings. The molecule has 0 saturated heterocycles. The van der Waals surface area contributed by atoms with Crippen LogP contribution in [0.2, 0.25) is 0 Å². The fourth-order valence-electron chi connectivity index (χ4n) is 4.23. The molecule has 3 aromatic rings. The zero-order valence-corrected chi connectivity index (χ0v) is 22.0. The van der Waals surface area contributed by atoms with Gasteiger partial charge in [0, 0.05) is 33.6 Å². The summed E-state index contributed by atoms with van der Waals surface area (Å²) in [4.78, 5) is 0. The van der Waals surface area contributed by atoms with E-state index in [1.807, 2.05) is 48.5 Å². The first-order valence-corrected chi connectivity index (χ1v) is 13.5. The van der Waals surface area contributed by atoms with Gasteiger partial charge in [-0.3, -0.25) is 0 Å². The van der Waals surface area contributed by atoms with Crippen molar-refractivity contribution in [2.45, 2.75) is 78.1 Å². The molecule has 3 aromatic carbocycles. The summed E-state index contributed by atoms with van der Waals surface area (Å²) in [7, 11) is 0. The van der Waals surface area contributed by atoms with Crippen molar-refractivity contribution in [1.82, 2.24) is 0 Å². The van der Waals surface area contributed by atoms with Crippen molar-refractivity contribution in [2.75, 3.05) is 11.5 Å². The van der Waals surface area contributed by atoms with Crippen LogP contribution in [0.4, 0.5) is 11.4 Å². The third-order valence-electron chi connectivity index (χ3n) is 6.43. The monoisotopic (exact) mass is 476 g/mol. The van der Waals surface area contributed by atoms with Crippen molar-refractivity contribution in [3.05, 3.63) is 94.0 Å². The van der Waals surface area contributed by atoms with Gasteiger partial charge < -0.3 is 11.5 Å². The number of unbranched alkanes of at least 4 members (excludes halogenated alkanes) is 6. The van der Waals surface area contributed by atoms with E-state index < -0.39 is 0 Å². The molecule has 2 heteroatoms. The van der Waals surface area contributed by atoms with Gasteiger partial charge in [-0.2, -0.15) is 0 Å². The summed E-state index contributed by atoms with van der Waals surface area (Å²) in [5, 5.41) is 0. The SMILES string of the molecule is CCCCCCc1cc(C#Cc2ccc(N)cc2)c(CCCCCC)cc1C#Cc1ccc(N)cc1. The van der Waals surface area contributed by atoms with Crippen LogP contribution in [-0.4, -0.2) is 0 Å². The summed E-state index contributed by atoms with van der Waals surface area (Å²) in [6.07, 6.45) is 11.9. The fourth-order valence-corrected chi connectivity index (χ4v) is 4.23. The van der Waals surface area contributed by atoms with Gasteiger partial charge in [0.05, 0.1) is 0 Å². The first-order chi connectivity index (χ1) is 17.6. The Labute approximate surface area is 218 Å². The first kappa shape index (κ1) is 27.0. The highest BCUT2D eigenvalue weighted by Gasteiger charge is 2.09. The molecular formula is C34H40N2. The molecule has 0 bridgehead atoms. The lowest BCUT2D eigenvalue weighted by Crippen LogP contribution is -1.99. The van der Waals surface area contributed by atoms with Crippen molar-refractivity contribution < 1.29 is 0 Å². The largest absolute Gasteiger partial charge is 0.399 e. The Morgan fingerprint density at radius 3 is 1.25 bits per heavy atom. The van der Waals surface area contributed by atoms with Crippen molar-refractivity contribution in [3.8, 4) is 23.7 Å². The number of nitrogens with two attached hydrogens (primary N) is 2. The van der Waals surface area contributed by atoms with Gasteiger partial charge in [-0.15, -0.1) is 0 Å². The first-order valence-electron chi connectivity index (χ1n) is 13.5. The molecule has 0 saturated carbocycles. The molecule has 2 nitrogen and oxygen atoms in total. The van der Waals surface area contributed by atoms with Crippen LogP contribution >= 0.6 is 0 Å². The van der Waals surface area contributed by atoms with E-state index in [0.717, 1.165) is 46.5 Å². The van der Waals surface area contributed by atoms with Crippen LogP contribution in [-0.2, 0) is 12.8 Å². The predicted octanol–water partition coefficient (Wildman–Crippen LogP) is 7.90. The minimum absolute atomic E-state index is 0.760. The van der Waals surface area contributed by atoms with E-state index in [1.165, 1.54) is 62.5 Å². The Hall–Kier alpha value is -3.62. The maximum atomic E-state index is 5.85. The average molecular weight is 477 g/mol. The quantitative estimate of drug-likeness (QED) is 0.177. The summed E-state index contributed by atoms with van der Waals surface area (Å²) >= 11 is 0. The molecular weight excluding hydrogens is 436 g/mol. The maximum Gasteiger partial charge on any atom is 0.0314 e. The second-order valence-electron chi connectivity index (χ2n) is 9.53. The van der Waals surface area contributed by atoms with Crippen LogP contribution in [0.25, 0.3) is 0 Å². The van der Waals surface area contributed by atoms with Gasteiger partial charge in [-0.1, -0.05) is 76.1 Å². The van der Waals surface area contributed by atoms with Crippen molar-refractivity contribution in [2.24, 2.45) is 0 Å². The highest BCUT2D eigenvalue weighted by molar-refractivity contribution is 5.56. The van der Waals surface area contributed by atoms with E-state index in [-0.39, 0.29) is 0 Å². The van der Waals surface area contributed by atoms with Gasteiger partial charge in [-0.25, -0.2) is 0 Å². The fraction of sp³-hybridized carbons (Fsp3) is 0.353. The molecule has 0 heterocycles. The minimum Gasteiger partial charge on any atom is -0.399 e. The summed E-state index contributed by atoms with van der Waals surface area (Å²) in [6, 6.07) is 20.2. The third-order valence-corrected chi connectivity index (χ3v) is 6.43. The number of rotatable bonds is 10. The molecule has 3 rings (SSSR count). The van der Waals surface area contributed by atoms with Gasteiger partial charge in [0.25, 0.3) is 0 Å². The minimum atomic E-state index is 0.760. The number of benzene rings is 3. The number of hydrogen-bond donors (Lipinski definition) is 2. The van der Waals surface area contributed by atoms with E-state index >= 15 is 0 Å². The van der Waals surface area contributed by atoms with Crippen LogP contribution in [0, 0.1) is 23.7 Å². The highest BCUT2D eigenvalue weighted by atomic mass is 14.5. The standard InChI is InChI=1S/C34H40N2/c1-3-5-7-9-11-29-25-32(20-14-28-17-23-34(36)24-18-28)30(12-10-8-6-4-2)26-31(29)19-13-27-15-21-33(35)22-16-27/h15-18,21-26H,3-12,35-36H2,1-2H3. The van der Waals surface area contributed by atoms with E-state index in [0.29, 0.717) is 0 Å². The lowest BCUT2D eigenvalue weighted by atomic mass is 9.92. The number of nitrogen functional groups attached to an aromatic ring is 2. The van der Waals surface area contributed by atoms with E-state index in [2.05, 4.69) is 49.7 Å². The third kappa shape index (κ3) is 8.87. The van der Waals surface area contributed by atoms with Gasteiger partial charge in [0.15, 0.2) is 0 Å². The smallest absolute Gasteiger partial charge is 0.0314 e. The van der Waals surface area contributed by atoms with Crippen LogP contribution in [0.5, 0.6) is 0 Å². The molecule has 0 aromatic heterocycles. The molecule has 0 aliphatic rings. The molecule has 0 amide bonds. The maximum absolute atomic E-state index is 5.85. The highest BCUT2D eigenvalue weighted by Crippen LogP contribution is 2.22. The normalized spacial score (nSPS) is 10.3. The molecule has 0 aliphatic heterocycles. The Bertz CT molecular complexity index is 1110. The molecule has 0 aliphatic carbocycles. The summed E-state index contributed by atoms with van der Waals surface area (Å²) in [5.74, 6) is 13.7. The lowest BCUT2D eigenvalue weighted by molar-refractivity contribution is 0.662. The van der Waals surface area contributed by atoms with E-state index in [1.54, 1.807) is 0 Å². The van der Waals surface area contributed by atoms with E-state index in [9.17, 15) is 0 Å². The van der Waals surface area contributed by atoms with E-state index in [4.69, 9.17) is 11.5 Å². The molecule has 0 unspecified atom stereocenters. The van der Waals surface area contributed by atoms with Crippen LogP contribution in [0.3, 0.4) is 0 Å². The Morgan fingerprint density at radius 2 is 0.889 bits per heavy atom. The zero-order chi connectivity index (χ0) is 25.6. The number of aryl methyl sites for hydroxylation is 2. The van der Waals surface area contributed by atoms with Crippen molar-refractivity contribution in [3.63, 3.8) is 0 Å². The van der Waals surface area contributed by atoms with Crippen LogP contribution < -0.4 is 11.5 Å². The Balaban J connectivity index is 1.99. The van der Waals surface area contributed by atoms with Crippen molar-refractivity contribution >= 4 is 11.4 Å². The number of anilines is 2. The lowest BCUT2D eigenvalue weighted by Gasteiger charge is -2.12. The summed E-state index contributed by atoms with van der Waals surface area (Å²) in [6.45, 7) is 4.50. The molecule has 0 atom stereocenters. The van der Waals surface area contributed by atoms with Gasteiger partial charge >= 0.3 is 0 Å². The molecule has 186 valence electrons. The predicted molar refractivity (Wildman–Crippen MR) is 156 cm³/mol.